The van der Waals surface area contributed by atoms with Gasteiger partial charge in [0.1, 0.15) is 11.3 Å². The molecule has 1 aliphatic rings. The summed E-state index contributed by atoms with van der Waals surface area (Å²) < 4.78 is 28.7. The quantitative estimate of drug-likeness (QED) is 0.676. The van der Waals surface area contributed by atoms with E-state index in [4.69, 9.17) is 4.98 Å². The van der Waals surface area contributed by atoms with Gasteiger partial charge in [-0.05, 0) is 31.9 Å². The van der Waals surface area contributed by atoms with E-state index >= 15 is 0 Å². The monoisotopic (exact) mass is 384 g/mol. The van der Waals surface area contributed by atoms with Crippen molar-refractivity contribution in [2.24, 2.45) is 0 Å². The zero-order valence-electron chi connectivity index (χ0n) is 15.7. The van der Waals surface area contributed by atoms with Gasteiger partial charge in [-0.15, -0.1) is 0 Å². The van der Waals surface area contributed by atoms with Crippen LogP contribution >= 0.6 is 0 Å². The molecule has 0 radical (unpaired) electrons. The van der Waals surface area contributed by atoms with Crippen molar-refractivity contribution >= 4 is 21.2 Å². The Labute approximate surface area is 159 Å². The van der Waals surface area contributed by atoms with Gasteiger partial charge in [-0.1, -0.05) is 36.8 Å². The van der Waals surface area contributed by atoms with Crippen molar-refractivity contribution < 1.29 is 8.42 Å². The van der Waals surface area contributed by atoms with Crippen molar-refractivity contribution in [3.05, 3.63) is 48.2 Å². The highest BCUT2D eigenvalue weighted by Gasteiger charge is 2.33. The van der Waals surface area contributed by atoms with Crippen molar-refractivity contribution in [2.75, 3.05) is 18.8 Å². The van der Waals surface area contributed by atoms with Gasteiger partial charge >= 0.3 is 0 Å². The highest BCUT2D eigenvalue weighted by Crippen LogP contribution is 2.33. The van der Waals surface area contributed by atoms with Gasteiger partial charge in [0, 0.05) is 24.8 Å². The normalized spacial score (nSPS) is 18.4. The summed E-state index contributed by atoms with van der Waals surface area (Å²) in [5.41, 5.74) is 3.86. The third kappa shape index (κ3) is 3.37. The number of hydrogen-bond acceptors (Lipinski definition) is 4. The van der Waals surface area contributed by atoms with Crippen molar-refractivity contribution in [3.8, 4) is 11.4 Å². The van der Waals surface area contributed by atoms with Crippen LogP contribution in [0.4, 0.5) is 0 Å². The van der Waals surface area contributed by atoms with Gasteiger partial charge in [-0.3, -0.25) is 0 Å². The maximum absolute atomic E-state index is 12.5. The Bertz CT molecular complexity index is 1060. The lowest BCUT2D eigenvalue weighted by Crippen LogP contribution is -2.31. The molecule has 3 heterocycles. The van der Waals surface area contributed by atoms with E-state index in [1.165, 1.54) is 5.56 Å². The van der Waals surface area contributed by atoms with Crippen LogP contribution in [0.2, 0.25) is 0 Å². The van der Waals surface area contributed by atoms with Crippen LogP contribution in [-0.4, -0.2) is 46.1 Å². The van der Waals surface area contributed by atoms with E-state index in [2.05, 4.69) is 40.7 Å². The second-order valence-corrected chi connectivity index (χ2v) is 9.22. The second-order valence-electron chi connectivity index (χ2n) is 7.13. The first-order valence-electron chi connectivity index (χ1n) is 9.37. The first kappa shape index (κ1) is 18.1. The van der Waals surface area contributed by atoms with Gasteiger partial charge in [-0.2, -0.15) is 4.31 Å². The third-order valence-corrected chi connectivity index (χ3v) is 7.15. The van der Waals surface area contributed by atoms with Crippen LogP contribution in [0, 0.1) is 6.92 Å². The van der Waals surface area contributed by atoms with Crippen LogP contribution in [0.15, 0.2) is 42.6 Å². The zero-order valence-corrected chi connectivity index (χ0v) is 16.5. The van der Waals surface area contributed by atoms with Gasteiger partial charge in [-0.25, -0.2) is 18.4 Å². The smallest absolute Gasteiger partial charge is 0.214 e. The van der Waals surface area contributed by atoms with Crippen molar-refractivity contribution in [1.29, 1.82) is 0 Å². The Morgan fingerprint density at radius 3 is 2.70 bits per heavy atom. The number of aryl methyl sites for hydroxylation is 1. The maximum atomic E-state index is 12.5. The van der Waals surface area contributed by atoms with Gasteiger partial charge in [0.15, 0.2) is 5.65 Å². The number of pyridine rings is 1. The molecule has 1 aromatic carbocycles. The molecule has 27 heavy (non-hydrogen) atoms. The minimum Gasteiger partial charge on any atom is -0.304 e. The van der Waals surface area contributed by atoms with E-state index in [1.807, 2.05) is 19.1 Å². The first-order valence-corrected chi connectivity index (χ1v) is 11.0. The molecule has 1 saturated heterocycles. The predicted octanol–water partition coefficient (Wildman–Crippen LogP) is 3.39. The van der Waals surface area contributed by atoms with Crippen LogP contribution < -0.4 is 0 Å². The van der Waals surface area contributed by atoms with E-state index < -0.39 is 10.0 Å². The second kappa shape index (κ2) is 7.05. The van der Waals surface area contributed by atoms with E-state index in [-0.39, 0.29) is 11.8 Å². The van der Waals surface area contributed by atoms with Gasteiger partial charge in [0.2, 0.25) is 10.0 Å². The molecule has 0 aliphatic carbocycles. The average molecular weight is 385 g/mol. The summed E-state index contributed by atoms with van der Waals surface area (Å²) in [6.07, 6.45) is 3.16. The van der Waals surface area contributed by atoms with E-state index in [0.29, 0.717) is 19.5 Å². The SMILES string of the molecule is CCCS(=O)(=O)N1CCC(n2c(-c3ccc(C)cc3)nc3cccnc32)C1. The average Bonchev–Trinajstić information content (AvgIpc) is 3.27. The highest BCUT2D eigenvalue weighted by molar-refractivity contribution is 7.89. The number of aromatic nitrogens is 3. The Balaban J connectivity index is 1.77. The fraction of sp³-hybridized carbons (Fsp3) is 0.400. The van der Waals surface area contributed by atoms with E-state index in [9.17, 15) is 8.42 Å². The topological polar surface area (TPSA) is 68.1 Å². The molecule has 6 nitrogen and oxygen atoms in total. The summed E-state index contributed by atoms with van der Waals surface area (Å²) in [5.74, 6) is 1.05. The van der Waals surface area contributed by atoms with Gasteiger partial charge < -0.3 is 4.57 Å². The van der Waals surface area contributed by atoms with Crippen molar-refractivity contribution in [2.45, 2.75) is 32.7 Å². The molecule has 1 aliphatic heterocycles. The lowest BCUT2D eigenvalue weighted by molar-refractivity contribution is 0.455. The zero-order chi connectivity index (χ0) is 19.0. The molecule has 0 spiro atoms. The van der Waals surface area contributed by atoms with E-state index in [1.54, 1.807) is 10.5 Å². The largest absolute Gasteiger partial charge is 0.304 e. The molecular formula is C20H24N4O2S. The summed E-state index contributed by atoms with van der Waals surface area (Å²) in [6, 6.07) is 12.1. The lowest BCUT2D eigenvalue weighted by atomic mass is 10.1. The highest BCUT2D eigenvalue weighted by atomic mass is 32.2. The minimum atomic E-state index is -3.19. The molecule has 0 N–H and O–H groups in total. The summed E-state index contributed by atoms with van der Waals surface area (Å²) >= 11 is 0. The number of hydrogen-bond donors (Lipinski definition) is 0. The molecule has 0 saturated carbocycles. The first-order chi connectivity index (χ1) is 13.0. The van der Waals surface area contributed by atoms with Crippen LogP contribution in [0.3, 0.4) is 0 Å². The van der Waals surface area contributed by atoms with Crippen LogP contribution in [0.5, 0.6) is 0 Å². The molecule has 3 aromatic rings. The molecule has 1 atom stereocenters. The fourth-order valence-corrected chi connectivity index (χ4v) is 5.30. The Morgan fingerprint density at radius 2 is 1.96 bits per heavy atom. The fourth-order valence-electron chi connectivity index (χ4n) is 3.74. The Kier molecular flexibility index (Phi) is 4.74. The number of fused-ring (bicyclic) bond motifs is 1. The standard InChI is InChI=1S/C20H24N4O2S/c1-3-13-27(25,26)23-12-10-17(14-23)24-19(16-8-6-15(2)7-9-16)22-18-5-4-11-21-20(18)24/h4-9,11,17H,3,10,12-14H2,1-2H3. The van der Waals surface area contributed by atoms with Crippen LogP contribution in [-0.2, 0) is 10.0 Å². The third-order valence-electron chi connectivity index (χ3n) is 5.11. The Morgan fingerprint density at radius 1 is 1.19 bits per heavy atom. The summed E-state index contributed by atoms with van der Waals surface area (Å²) in [6.45, 7) is 4.98. The number of imidazole rings is 1. The molecule has 142 valence electrons. The lowest BCUT2D eigenvalue weighted by Gasteiger charge is -2.18. The summed E-state index contributed by atoms with van der Waals surface area (Å²) in [7, 11) is -3.19. The number of nitrogens with zero attached hydrogens (tertiary/aromatic N) is 4. The molecule has 0 bridgehead atoms. The maximum Gasteiger partial charge on any atom is 0.214 e. The molecule has 7 heteroatoms. The summed E-state index contributed by atoms with van der Waals surface area (Å²) in [4.78, 5) is 9.36. The predicted molar refractivity (Wildman–Crippen MR) is 107 cm³/mol. The van der Waals surface area contributed by atoms with Gasteiger partial charge in [0.25, 0.3) is 0 Å². The Hall–Kier alpha value is -2.25. The molecule has 2 aromatic heterocycles. The van der Waals surface area contributed by atoms with Crippen molar-refractivity contribution in [3.63, 3.8) is 0 Å². The number of rotatable bonds is 5. The van der Waals surface area contributed by atoms with Gasteiger partial charge in [0.05, 0.1) is 11.8 Å². The number of benzene rings is 1. The molecular weight excluding hydrogens is 360 g/mol. The molecule has 1 fully saturated rings. The number of sulfonamides is 1. The summed E-state index contributed by atoms with van der Waals surface area (Å²) in [5, 5.41) is 0. The molecule has 0 amide bonds. The molecule has 1 unspecified atom stereocenters. The van der Waals surface area contributed by atoms with Crippen LogP contribution in [0.25, 0.3) is 22.6 Å². The van der Waals surface area contributed by atoms with Crippen LogP contribution in [0.1, 0.15) is 31.4 Å². The van der Waals surface area contributed by atoms with E-state index in [0.717, 1.165) is 29.0 Å². The molecule has 4 rings (SSSR count). The minimum absolute atomic E-state index is 0.0350. The van der Waals surface area contributed by atoms with Crippen molar-refractivity contribution in [1.82, 2.24) is 18.8 Å².